The molecule has 0 saturated heterocycles. The summed E-state index contributed by atoms with van der Waals surface area (Å²) in [6, 6.07) is 3.76. The summed E-state index contributed by atoms with van der Waals surface area (Å²) in [5.41, 5.74) is -0.648. The van der Waals surface area contributed by atoms with Crippen molar-refractivity contribution in [3.05, 3.63) is 44.7 Å². The molecule has 1 aromatic carbocycles. The monoisotopic (exact) mass is 207 g/mol. The zero-order valence-electron chi connectivity index (χ0n) is 7.31. The number of hydrogen-bond donors (Lipinski definition) is 2. The molecule has 2 aromatic rings. The fourth-order valence-electron chi connectivity index (χ4n) is 1.23. The highest BCUT2D eigenvalue weighted by Gasteiger charge is 2.07. The van der Waals surface area contributed by atoms with Gasteiger partial charge in [0.25, 0.3) is 0 Å². The van der Waals surface area contributed by atoms with E-state index in [1.165, 1.54) is 18.2 Å². The highest BCUT2D eigenvalue weighted by molar-refractivity contribution is 5.92. The molecule has 0 aliphatic carbocycles. The van der Waals surface area contributed by atoms with Crippen LogP contribution in [0.1, 0.15) is 10.4 Å². The Labute approximate surface area is 81.8 Å². The minimum absolute atomic E-state index is 0.0104. The van der Waals surface area contributed by atoms with E-state index in [4.69, 9.17) is 5.11 Å². The number of hydrogen-bond acceptors (Lipinski definition) is 4. The molecule has 76 valence electrons. The summed E-state index contributed by atoms with van der Waals surface area (Å²) in [6.45, 7) is 0. The first-order chi connectivity index (χ1) is 7.08. The van der Waals surface area contributed by atoms with Gasteiger partial charge in [-0.15, -0.1) is 0 Å². The van der Waals surface area contributed by atoms with Gasteiger partial charge in [0.15, 0.2) is 0 Å². The van der Waals surface area contributed by atoms with E-state index in [1.807, 2.05) is 0 Å². The number of aromatic amines is 1. The molecule has 0 fully saturated rings. The minimum atomic E-state index is -1.13. The fourth-order valence-corrected chi connectivity index (χ4v) is 1.23. The number of carbonyl (C=O) groups is 1. The third kappa shape index (κ3) is 1.52. The molecule has 1 heterocycles. The van der Waals surface area contributed by atoms with Crippen LogP contribution in [-0.2, 0) is 0 Å². The maximum atomic E-state index is 11.1. The number of benzene rings is 1. The van der Waals surface area contributed by atoms with Gasteiger partial charge in [-0.3, -0.25) is 4.98 Å². The number of H-pyrrole nitrogens is 1. The number of aromatic nitrogens is 1. The van der Waals surface area contributed by atoms with E-state index in [2.05, 4.69) is 9.40 Å². The van der Waals surface area contributed by atoms with Crippen LogP contribution < -0.4 is 11.4 Å². The van der Waals surface area contributed by atoms with Crippen LogP contribution in [0.5, 0.6) is 0 Å². The van der Waals surface area contributed by atoms with Crippen molar-refractivity contribution in [1.29, 1.82) is 0 Å². The van der Waals surface area contributed by atoms with Crippen molar-refractivity contribution in [2.75, 3.05) is 0 Å². The highest BCUT2D eigenvalue weighted by Crippen LogP contribution is 2.08. The second-order valence-corrected chi connectivity index (χ2v) is 2.87. The SMILES string of the molecule is O=C(O)c1ccc2c(=O)oc(=O)[nH]c2c1. The van der Waals surface area contributed by atoms with Gasteiger partial charge in [-0.1, -0.05) is 0 Å². The van der Waals surface area contributed by atoms with Crippen molar-refractivity contribution in [2.24, 2.45) is 0 Å². The molecule has 0 radical (unpaired) electrons. The van der Waals surface area contributed by atoms with Crippen LogP contribution in [0.2, 0.25) is 0 Å². The van der Waals surface area contributed by atoms with Gasteiger partial charge in [0.05, 0.1) is 16.5 Å². The summed E-state index contributed by atoms with van der Waals surface area (Å²) in [7, 11) is 0. The van der Waals surface area contributed by atoms with Crippen molar-refractivity contribution < 1.29 is 14.3 Å². The highest BCUT2D eigenvalue weighted by atomic mass is 16.4. The Balaban J connectivity index is 2.88. The molecule has 6 nitrogen and oxygen atoms in total. The third-order valence-corrected chi connectivity index (χ3v) is 1.91. The predicted octanol–water partition coefficient (Wildman–Crippen LogP) is 0.179. The number of rotatable bonds is 1. The topological polar surface area (TPSA) is 100 Å². The van der Waals surface area contributed by atoms with Crippen molar-refractivity contribution >= 4 is 16.9 Å². The molecule has 6 heteroatoms. The van der Waals surface area contributed by atoms with E-state index in [0.717, 1.165) is 0 Å². The van der Waals surface area contributed by atoms with E-state index in [-0.39, 0.29) is 16.5 Å². The van der Waals surface area contributed by atoms with Crippen molar-refractivity contribution in [3.63, 3.8) is 0 Å². The molecule has 0 amide bonds. The maximum Gasteiger partial charge on any atom is 0.419 e. The molecule has 0 atom stereocenters. The van der Waals surface area contributed by atoms with Crippen LogP contribution in [0, 0.1) is 0 Å². The summed E-state index contributed by atoms with van der Waals surface area (Å²) >= 11 is 0. The number of carboxylic acid groups (broad SMARTS) is 1. The molecule has 0 unspecified atom stereocenters. The fraction of sp³-hybridized carbons (Fsp3) is 0. The Kier molecular flexibility index (Phi) is 1.89. The first-order valence-electron chi connectivity index (χ1n) is 3.98. The Morgan fingerprint density at radius 2 is 2.07 bits per heavy atom. The van der Waals surface area contributed by atoms with Crippen LogP contribution in [-0.4, -0.2) is 16.1 Å². The van der Waals surface area contributed by atoms with Crippen LogP contribution in [0.3, 0.4) is 0 Å². The van der Waals surface area contributed by atoms with Gasteiger partial charge < -0.3 is 9.52 Å². The van der Waals surface area contributed by atoms with Crippen molar-refractivity contribution in [3.8, 4) is 0 Å². The normalized spacial score (nSPS) is 10.4. The van der Waals surface area contributed by atoms with E-state index < -0.39 is 17.4 Å². The smallest absolute Gasteiger partial charge is 0.419 e. The lowest BCUT2D eigenvalue weighted by Gasteiger charge is -1.96. The first kappa shape index (κ1) is 9.20. The standard InChI is InChI=1S/C9H5NO5/c11-7(12)4-1-2-5-6(3-4)10-9(14)15-8(5)13/h1-3H,(H,10,14)(H,11,12). The van der Waals surface area contributed by atoms with E-state index in [9.17, 15) is 14.4 Å². The molecule has 0 spiro atoms. The van der Waals surface area contributed by atoms with Gasteiger partial charge in [0, 0.05) is 0 Å². The Morgan fingerprint density at radius 1 is 1.33 bits per heavy atom. The number of nitrogens with one attached hydrogen (secondary N) is 1. The minimum Gasteiger partial charge on any atom is -0.478 e. The van der Waals surface area contributed by atoms with Crippen molar-refractivity contribution in [2.45, 2.75) is 0 Å². The second-order valence-electron chi connectivity index (χ2n) is 2.87. The molecule has 0 bridgehead atoms. The van der Waals surface area contributed by atoms with Gasteiger partial charge in [-0.2, -0.15) is 0 Å². The molecular formula is C9H5NO5. The van der Waals surface area contributed by atoms with Crippen molar-refractivity contribution in [1.82, 2.24) is 4.98 Å². The summed E-state index contributed by atoms with van der Waals surface area (Å²) in [5, 5.41) is 8.83. The number of fused-ring (bicyclic) bond motifs is 1. The predicted molar refractivity (Wildman–Crippen MR) is 50.1 cm³/mol. The summed E-state index contributed by atoms with van der Waals surface area (Å²) in [6.07, 6.45) is 0. The first-order valence-corrected chi connectivity index (χ1v) is 3.98. The molecule has 0 aliphatic heterocycles. The van der Waals surface area contributed by atoms with Crippen LogP contribution in [0.4, 0.5) is 0 Å². The second kappa shape index (κ2) is 3.09. The maximum absolute atomic E-state index is 11.1. The van der Waals surface area contributed by atoms with E-state index >= 15 is 0 Å². The third-order valence-electron chi connectivity index (χ3n) is 1.91. The summed E-state index contributed by atoms with van der Waals surface area (Å²) < 4.78 is 4.28. The van der Waals surface area contributed by atoms with Gasteiger partial charge in [-0.25, -0.2) is 14.4 Å². The van der Waals surface area contributed by atoms with Gasteiger partial charge in [0.2, 0.25) is 0 Å². The van der Waals surface area contributed by atoms with Gasteiger partial charge in [0.1, 0.15) is 0 Å². The zero-order valence-corrected chi connectivity index (χ0v) is 7.31. The summed E-state index contributed by atoms with van der Waals surface area (Å²) in [4.78, 5) is 34.8. The largest absolute Gasteiger partial charge is 0.478 e. The Hall–Kier alpha value is -2.37. The van der Waals surface area contributed by atoms with Gasteiger partial charge in [-0.05, 0) is 18.2 Å². The van der Waals surface area contributed by atoms with E-state index in [0.29, 0.717) is 0 Å². The Bertz CT molecular complexity index is 651. The molecule has 0 saturated carbocycles. The lowest BCUT2D eigenvalue weighted by molar-refractivity contribution is 0.0697. The lowest BCUT2D eigenvalue weighted by atomic mass is 10.1. The number of carboxylic acids is 1. The van der Waals surface area contributed by atoms with E-state index in [1.54, 1.807) is 0 Å². The molecule has 1 aromatic heterocycles. The average Bonchev–Trinajstić information content (AvgIpc) is 2.16. The van der Waals surface area contributed by atoms with Crippen LogP contribution in [0.15, 0.2) is 32.2 Å². The zero-order chi connectivity index (χ0) is 11.0. The molecule has 15 heavy (non-hydrogen) atoms. The lowest BCUT2D eigenvalue weighted by Crippen LogP contribution is -2.14. The average molecular weight is 207 g/mol. The number of aromatic carboxylic acids is 1. The molecular weight excluding hydrogens is 202 g/mol. The molecule has 2 N–H and O–H groups in total. The van der Waals surface area contributed by atoms with Crippen LogP contribution >= 0.6 is 0 Å². The molecule has 2 rings (SSSR count). The molecule has 0 aliphatic rings. The Morgan fingerprint density at radius 3 is 2.73 bits per heavy atom. The quantitative estimate of drug-likeness (QED) is 0.694. The van der Waals surface area contributed by atoms with Crippen LogP contribution in [0.25, 0.3) is 10.9 Å². The van der Waals surface area contributed by atoms with Gasteiger partial charge >= 0.3 is 17.4 Å². The summed E-state index contributed by atoms with van der Waals surface area (Å²) in [5.74, 6) is -2.04.